The molecule has 3 rings (SSSR count). The predicted octanol–water partition coefficient (Wildman–Crippen LogP) is 3.41. The van der Waals surface area contributed by atoms with Gasteiger partial charge >= 0.3 is 0 Å². The van der Waals surface area contributed by atoms with Gasteiger partial charge in [-0.25, -0.2) is 0 Å². The van der Waals surface area contributed by atoms with Crippen LogP contribution in [0.25, 0.3) is 0 Å². The average Bonchev–Trinajstić information content (AvgIpc) is 3.06. The number of nitrogens with one attached hydrogen (secondary N) is 1. The van der Waals surface area contributed by atoms with Crippen LogP contribution < -0.4 is 5.32 Å². The molecule has 2 fully saturated rings. The number of carbonyl (C=O) groups excluding carboxylic acids is 1. The molecule has 0 radical (unpaired) electrons. The Morgan fingerprint density at radius 1 is 1.42 bits per heavy atom. The number of aromatic nitrogens is 2. The number of thioether (sulfide) groups is 1. The van der Waals surface area contributed by atoms with Crippen molar-refractivity contribution >= 4 is 34.1 Å². The van der Waals surface area contributed by atoms with Crippen LogP contribution in [-0.2, 0) is 4.79 Å². The lowest BCUT2D eigenvalue weighted by Crippen LogP contribution is -2.20. The monoisotopic (exact) mass is 297 g/mol. The molecule has 4 nitrogen and oxygen atoms in total. The highest BCUT2D eigenvalue weighted by Gasteiger charge is 2.40. The van der Waals surface area contributed by atoms with Crippen molar-refractivity contribution in [1.82, 2.24) is 10.2 Å². The first-order valence-corrected chi connectivity index (χ1v) is 8.81. The minimum absolute atomic E-state index is 0.113. The van der Waals surface area contributed by atoms with Crippen molar-refractivity contribution in [2.75, 3.05) is 11.1 Å². The van der Waals surface area contributed by atoms with Crippen molar-refractivity contribution in [2.24, 2.45) is 17.8 Å². The van der Waals surface area contributed by atoms with E-state index in [0.717, 1.165) is 21.9 Å². The van der Waals surface area contributed by atoms with Crippen molar-refractivity contribution in [3.8, 4) is 0 Å². The van der Waals surface area contributed by atoms with Crippen molar-refractivity contribution < 1.29 is 4.79 Å². The Morgan fingerprint density at radius 2 is 2.32 bits per heavy atom. The third-order valence-corrected chi connectivity index (χ3v) is 6.11. The Balaban J connectivity index is 1.50. The highest BCUT2D eigenvalue weighted by Crippen LogP contribution is 2.49. The summed E-state index contributed by atoms with van der Waals surface area (Å²) < 4.78 is 0.928. The number of hydrogen-bond acceptors (Lipinski definition) is 5. The van der Waals surface area contributed by atoms with E-state index in [9.17, 15) is 4.79 Å². The van der Waals surface area contributed by atoms with E-state index in [1.807, 2.05) is 0 Å². The molecule has 2 saturated carbocycles. The third-order valence-electron chi connectivity index (χ3n) is 4.25. The van der Waals surface area contributed by atoms with Gasteiger partial charge in [-0.15, -0.1) is 10.2 Å². The summed E-state index contributed by atoms with van der Waals surface area (Å²) in [6.07, 6.45) is 5.99. The first kappa shape index (κ1) is 13.4. The number of hydrogen-bond donors (Lipinski definition) is 1. The molecule has 104 valence electrons. The van der Waals surface area contributed by atoms with Crippen LogP contribution in [-0.4, -0.2) is 21.9 Å². The average molecular weight is 297 g/mol. The highest BCUT2D eigenvalue weighted by molar-refractivity contribution is 8.01. The van der Waals surface area contributed by atoms with Gasteiger partial charge in [0.2, 0.25) is 11.0 Å². The van der Waals surface area contributed by atoms with Crippen LogP contribution in [0.4, 0.5) is 5.13 Å². The normalized spacial score (nSPS) is 28.8. The van der Waals surface area contributed by atoms with Gasteiger partial charge in [-0.2, -0.15) is 0 Å². The molecule has 6 heteroatoms. The minimum Gasteiger partial charge on any atom is -0.300 e. The predicted molar refractivity (Wildman–Crippen MR) is 78.5 cm³/mol. The second-order valence-corrected chi connectivity index (χ2v) is 7.98. The second-order valence-electron chi connectivity index (χ2n) is 5.49. The Kier molecular flexibility index (Phi) is 4.07. The van der Waals surface area contributed by atoms with Crippen LogP contribution in [0, 0.1) is 17.8 Å². The summed E-state index contributed by atoms with van der Waals surface area (Å²) in [6.45, 7) is 2.08. The van der Waals surface area contributed by atoms with Gasteiger partial charge in [-0.1, -0.05) is 36.4 Å². The quantitative estimate of drug-likeness (QED) is 0.668. The Bertz CT molecular complexity index is 462. The summed E-state index contributed by atoms with van der Waals surface area (Å²) in [7, 11) is 0. The fraction of sp³-hybridized carbons (Fsp3) is 0.769. The number of anilines is 1. The summed E-state index contributed by atoms with van der Waals surface area (Å²) >= 11 is 3.13. The molecule has 1 aromatic rings. The third kappa shape index (κ3) is 3.11. The molecule has 1 amide bonds. The summed E-state index contributed by atoms with van der Waals surface area (Å²) in [6, 6.07) is 0. The van der Waals surface area contributed by atoms with E-state index in [1.165, 1.54) is 37.0 Å². The zero-order chi connectivity index (χ0) is 13.2. The van der Waals surface area contributed by atoms with Crippen molar-refractivity contribution in [3.05, 3.63) is 0 Å². The standard InChI is InChI=1S/C13H19N3OS2/c1-2-18-13-16-15-12(19-13)14-11(17)7-10-6-8-3-4-9(10)5-8/h8-10H,2-7H2,1H3,(H,14,15,17)/t8-,9-,10-/m1/s1. The Morgan fingerprint density at radius 3 is 3.00 bits per heavy atom. The van der Waals surface area contributed by atoms with Crippen molar-refractivity contribution in [2.45, 2.75) is 43.4 Å². The van der Waals surface area contributed by atoms with E-state index in [0.29, 0.717) is 17.5 Å². The molecule has 19 heavy (non-hydrogen) atoms. The molecule has 3 atom stereocenters. The van der Waals surface area contributed by atoms with Crippen LogP contribution in [0.2, 0.25) is 0 Å². The Labute approximate surface area is 121 Å². The van der Waals surface area contributed by atoms with Gasteiger partial charge in [0, 0.05) is 6.42 Å². The molecule has 0 saturated heterocycles. The lowest BCUT2D eigenvalue weighted by Gasteiger charge is -2.20. The van der Waals surface area contributed by atoms with Gasteiger partial charge in [0.15, 0.2) is 4.34 Å². The number of rotatable bonds is 5. The van der Waals surface area contributed by atoms with Gasteiger partial charge in [0.25, 0.3) is 0 Å². The molecule has 0 aromatic carbocycles. The van der Waals surface area contributed by atoms with E-state index < -0.39 is 0 Å². The van der Waals surface area contributed by atoms with Crippen LogP contribution >= 0.6 is 23.1 Å². The molecular weight excluding hydrogens is 278 g/mol. The number of carbonyl (C=O) groups is 1. The van der Waals surface area contributed by atoms with Crippen molar-refractivity contribution in [3.63, 3.8) is 0 Å². The number of nitrogens with zero attached hydrogens (tertiary/aromatic N) is 2. The first-order chi connectivity index (χ1) is 9.24. The van der Waals surface area contributed by atoms with Gasteiger partial charge in [0.1, 0.15) is 0 Å². The molecule has 1 heterocycles. The molecule has 0 unspecified atom stereocenters. The summed E-state index contributed by atoms with van der Waals surface area (Å²) in [5, 5.41) is 11.6. The lowest BCUT2D eigenvalue weighted by atomic mass is 9.86. The molecule has 2 aliphatic carbocycles. The van der Waals surface area contributed by atoms with E-state index in [2.05, 4.69) is 22.4 Å². The van der Waals surface area contributed by atoms with Crippen LogP contribution in [0.15, 0.2) is 4.34 Å². The van der Waals surface area contributed by atoms with Crippen LogP contribution in [0.1, 0.15) is 39.0 Å². The fourth-order valence-electron chi connectivity index (χ4n) is 3.48. The molecule has 1 aromatic heterocycles. The SMILES string of the molecule is CCSc1nnc(NC(=O)C[C@H]2C[C@@H]3CC[C@@H]2C3)s1. The second kappa shape index (κ2) is 5.79. The van der Waals surface area contributed by atoms with E-state index in [1.54, 1.807) is 11.8 Å². The van der Waals surface area contributed by atoms with Gasteiger partial charge in [-0.3, -0.25) is 4.79 Å². The van der Waals surface area contributed by atoms with E-state index in [4.69, 9.17) is 0 Å². The highest BCUT2D eigenvalue weighted by atomic mass is 32.2. The molecule has 0 aliphatic heterocycles. The molecule has 2 aliphatic rings. The smallest absolute Gasteiger partial charge is 0.226 e. The summed E-state index contributed by atoms with van der Waals surface area (Å²) in [4.78, 5) is 12.0. The summed E-state index contributed by atoms with van der Waals surface area (Å²) in [5.74, 6) is 3.40. The van der Waals surface area contributed by atoms with E-state index in [-0.39, 0.29) is 5.91 Å². The topological polar surface area (TPSA) is 54.9 Å². The van der Waals surface area contributed by atoms with Crippen LogP contribution in [0.3, 0.4) is 0 Å². The zero-order valence-corrected chi connectivity index (χ0v) is 12.7. The fourth-order valence-corrected chi connectivity index (χ4v) is 5.14. The molecular formula is C13H19N3OS2. The number of amides is 1. The maximum Gasteiger partial charge on any atom is 0.226 e. The maximum atomic E-state index is 12.0. The Hall–Kier alpha value is -0.620. The van der Waals surface area contributed by atoms with Gasteiger partial charge in [0.05, 0.1) is 0 Å². The minimum atomic E-state index is 0.113. The largest absolute Gasteiger partial charge is 0.300 e. The van der Waals surface area contributed by atoms with Gasteiger partial charge in [-0.05, 0) is 42.8 Å². The van der Waals surface area contributed by atoms with Crippen molar-refractivity contribution in [1.29, 1.82) is 0 Å². The summed E-state index contributed by atoms with van der Waals surface area (Å²) in [5.41, 5.74) is 0. The first-order valence-electron chi connectivity index (χ1n) is 7.00. The zero-order valence-electron chi connectivity index (χ0n) is 11.1. The van der Waals surface area contributed by atoms with Crippen LogP contribution in [0.5, 0.6) is 0 Å². The maximum absolute atomic E-state index is 12.0. The van der Waals surface area contributed by atoms with E-state index >= 15 is 0 Å². The molecule has 1 N–H and O–H groups in total. The van der Waals surface area contributed by atoms with Gasteiger partial charge < -0.3 is 5.32 Å². The molecule has 2 bridgehead atoms. The molecule has 0 spiro atoms. The lowest BCUT2D eigenvalue weighted by molar-refractivity contribution is -0.117. The number of fused-ring (bicyclic) bond motifs is 2.